The molecular weight excluding hydrogens is 238 g/mol. The lowest BCUT2D eigenvalue weighted by Crippen LogP contribution is -2.41. The molecule has 0 spiro atoms. The summed E-state index contributed by atoms with van der Waals surface area (Å²) in [6, 6.07) is 0.317. The van der Waals surface area contributed by atoms with Gasteiger partial charge in [-0.25, -0.2) is 0 Å². The van der Waals surface area contributed by atoms with Gasteiger partial charge in [0.25, 0.3) is 0 Å². The van der Waals surface area contributed by atoms with E-state index in [2.05, 4.69) is 18.9 Å². The van der Waals surface area contributed by atoms with Crippen LogP contribution in [0.5, 0.6) is 0 Å². The zero-order valence-corrected chi connectivity index (χ0v) is 11.2. The molecule has 0 saturated heterocycles. The molecule has 0 amide bonds. The highest BCUT2D eigenvalue weighted by molar-refractivity contribution is 6.31. The van der Waals surface area contributed by atoms with Gasteiger partial charge in [-0.1, -0.05) is 18.5 Å². The van der Waals surface area contributed by atoms with Crippen molar-refractivity contribution in [2.75, 3.05) is 0 Å². The lowest BCUT2D eigenvalue weighted by Gasteiger charge is -2.32. The van der Waals surface area contributed by atoms with Gasteiger partial charge in [-0.2, -0.15) is 5.10 Å². The molecule has 1 fully saturated rings. The molecule has 5 heteroatoms. The largest absolute Gasteiger partial charge is 0.372 e. The van der Waals surface area contributed by atoms with E-state index in [1.165, 1.54) is 0 Å². The number of rotatable bonds is 5. The van der Waals surface area contributed by atoms with Crippen LogP contribution < -0.4 is 5.73 Å². The molecule has 1 aliphatic rings. The van der Waals surface area contributed by atoms with E-state index in [0.717, 1.165) is 42.2 Å². The summed E-state index contributed by atoms with van der Waals surface area (Å²) in [5, 5.41) is 5.23. The normalized spacial score (nSPS) is 23.8. The molecular formula is C12H20ClN3O. The smallest absolute Gasteiger partial charge is 0.0903 e. The van der Waals surface area contributed by atoms with E-state index in [9.17, 15) is 0 Å². The number of aryl methyl sites for hydroxylation is 2. The van der Waals surface area contributed by atoms with Crippen LogP contribution in [0.2, 0.25) is 5.02 Å². The van der Waals surface area contributed by atoms with Crippen LogP contribution >= 0.6 is 11.6 Å². The summed E-state index contributed by atoms with van der Waals surface area (Å²) in [7, 11) is 0. The van der Waals surface area contributed by atoms with Gasteiger partial charge in [-0.3, -0.25) is 4.68 Å². The van der Waals surface area contributed by atoms with Crippen LogP contribution in [-0.2, 0) is 24.3 Å². The number of ether oxygens (including phenoxy) is 1. The summed E-state index contributed by atoms with van der Waals surface area (Å²) in [6.45, 7) is 5.48. The van der Waals surface area contributed by atoms with E-state index in [0.29, 0.717) is 18.8 Å². The van der Waals surface area contributed by atoms with Crippen LogP contribution in [0.1, 0.15) is 38.1 Å². The third kappa shape index (κ3) is 2.64. The van der Waals surface area contributed by atoms with Crippen molar-refractivity contribution in [3.05, 3.63) is 16.4 Å². The molecule has 0 aliphatic heterocycles. The second-order valence-corrected chi connectivity index (χ2v) is 4.92. The highest BCUT2D eigenvalue weighted by Gasteiger charge is 2.27. The van der Waals surface area contributed by atoms with Crippen molar-refractivity contribution in [3.8, 4) is 0 Å². The van der Waals surface area contributed by atoms with Crippen LogP contribution in [0.25, 0.3) is 0 Å². The Morgan fingerprint density at radius 2 is 2.18 bits per heavy atom. The molecule has 0 bridgehead atoms. The van der Waals surface area contributed by atoms with Crippen LogP contribution in [0.3, 0.4) is 0 Å². The van der Waals surface area contributed by atoms with Crippen LogP contribution in [0.15, 0.2) is 0 Å². The Hall–Kier alpha value is -0.580. The van der Waals surface area contributed by atoms with Gasteiger partial charge in [0.15, 0.2) is 0 Å². The van der Waals surface area contributed by atoms with Crippen molar-refractivity contribution in [1.82, 2.24) is 9.78 Å². The quantitative estimate of drug-likeness (QED) is 0.879. The fraction of sp³-hybridized carbons (Fsp3) is 0.750. The van der Waals surface area contributed by atoms with Gasteiger partial charge in [-0.05, 0) is 26.2 Å². The van der Waals surface area contributed by atoms with Gasteiger partial charge < -0.3 is 10.5 Å². The standard InChI is InChI=1S/C12H20ClN3O/c1-3-10-12(13)11(16(4-2)15-10)7-17-9-5-8(14)6-9/h8-9H,3-7,14H2,1-2H3. The van der Waals surface area contributed by atoms with Gasteiger partial charge >= 0.3 is 0 Å². The minimum atomic E-state index is 0.298. The van der Waals surface area contributed by atoms with E-state index >= 15 is 0 Å². The molecule has 0 aromatic carbocycles. The molecule has 2 rings (SSSR count). The Bertz CT molecular complexity index is 385. The van der Waals surface area contributed by atoms with E-state index < -0.39 is 0 Å². The maximum Gasteiger partial charge on any atom is 0.0903 e. The molecule has 17 heavy (non-hydrogen) atoms. The Morgan fingerprint density at radius 3 is 2.71 bits per heavy atom. The van der Waals surface area contributed by atoms with Gasteiger partial charge in [0, 0.05) is 12.6 Å². The molecule has 0 radical (unpaired) electrons. The van der Waals surface area contributed by atoms with Gasteiger partial charge in [0.05, 0.1) is 29.1 Å². The summed E-state index contributed by atoms with van der Waals surface area (Å²) in [6.07, 6.45) is 3.07. The predicted molar refractivity (Wildman–Crippen MR) is 68.1 cm³/mol. The first-order valence-corrected chi connectivity index (χ1v) is 6.64. The zero-order valence-electron chi connectivity index (χ0n) is 10.4. The summed E-state index contributed by atoms with van der Waals surface area (Å²) in [5.41, 5.74) is 7.67. The van der Waals surface area contributed by atoms with Crippen molar-refractivity contribution >= 4 is 11.6 Å². The molecule has 0 atom stereocenters. The number of hydrogen-bond donors (Lipinski definition) is 1. The van der Waals surface area contributed by atoms with Gasteiger partial charge in [0.1, 0.15) is 0 Å². The summed E-state index contributed by atoms with van der Waals surface area (Å²) >= 11 is 6.29. The molecule has 4 nitrogen and oxygen atoms in total. The van der Waals surface area contributed by atoms with E-state index in [-0.39, 0.29) is 0 Å². The summed E-state index contributed by atoms with van der Waals surface area (Å²) in [5.74, 6) is 0. The van der Waals surface area contributed by atoms with Crippen LogP contribution in [0.4, 0.5) is 0 Å². The average molecular weight is 258 g/mol. The minimum absolute atomic E-state index is 0.298. The number of hydrogen-bond acceptors (Lipinski definition) is 3. The van der Waals surface area contributed by atoms with E-state index in [1.807, 2.05) is 4.68 Å². The number of halogens is 1. The first kappa shape index (κ1) is 12.9. The number of aromatic nitrogens is 2. The van der Waals surface area contributed by atoms with Crippen LogP contribution in [-0.4, -0.2) is 21.9 Å². The fourth-order valence-corrected chi connectivity index (χ4v) is 2.42. The first-order valence-electron chi connectivity index (χ1n) is 6.26. The molecule has 96 valence electrons. The third-order valence-corrected chi connectivity index (χ3v) is 3.72. The monoisotopic (exact) mass is 257 g/mol. The second-order valence-electron chi connectivity index (χ2n) is 4.54. The van der Waals surface area contributed by atoms with Crippen LogP contribution in [0, 0.1) is 0 Å². The highest BCUT2D eigenvalue weighted by atomic mass is 35.5. The molecule has 1 heterocycles. The molecule has 1 aliphatic carbocycles. The maximum absolute atomic E-state index is 6.29. The second kappa shape index (κ2) is 5.38. The Balaban J connectivity index is 2.01. The van der Waals surface area contributed by atoms with E-state index in [1.54, 1.807) is 0 Å². The Kier molecular flexibility index (Phi) is 4.07. The summed E-state index contributed by atoms with van der Waals surface area (Å²) < 4.78 is 7.72. The third-order valence-electron chi connectivity index (χ3n) is 3.28. The van der Waals surface area contributed by atoms with Crippen molar-refractivity contribution in [3.63, 3.8) is 0 Å². The number of nitrogens with zero attached hydrogens (tertiary/aromatic N) is 2. The Labute approximate surface area is 107 Å². The molecule has 1 aromatic heterocycles. The predicted octanol–water partition coefficient (Wildman–Crippen LogP) is 2.13. The minimum Gasteiger partial charge on any atom is -0.372 e. The van der Waals surface area contributed by atoms with Crippen molar-refractivity contribution in [2.24, 2.45) is 5.73 Å². The Morgan fingerprint density at radius 1 is 1.47 bits per heavy atom. The molecule has 0 unspecified atom stereocenters. The number of nitrogens with two attached hydrogens (primary N) is 1. The van der Waals surface area contributed by atoms with Crippen molar-refractivity contribution in [2.45, 2.75) is 58.4 Å². The first-order chi connectivity index (χ1) is 8.15. The SMILES string of the molecule is CCc1nn(CC)c(COC2CC(N)C2)c1Cl. The van der Waals surface area contributed by atoms with Gasteiger partial charge in [-0.15, -0.1) is 0 Å². The van der Waals surface area contributed by atoms with Crippen molar-refractivity contribution < 1.29 is 4.74 Å². The van der Waals surface area contributed by atoms with Crippen molar-refractivity contribution in [1.29, 1.82) is 0 Å². The fourth-order valence-electron chi connectivity index (χ4n) is 2.09. The maximum atomic E-state index is 6.29. The average Bonchev–Trinajstić information content (AvgIpc) is 2.59. The summed E-state index contributed by atoms with van der Waals surface area (Å²) in [4.78, 5) is 0. The van der Waals surface area contributed by atoms with E-state index in [4.69, 9.17) is 22.1 Å². The molecule has 2 N–H and O–H groups in total. The van der Waals surface area contributed by atoms with Gasteiger partial charge in [0.2, 0.25) is 0 Å². The molecule has 1 saturated carbocycles. The lowest BCUT2D eigenvalue weighted by molar-refractivity contribution is -0.0214. The molecule has 1 aromatic rings. The lowest BCUT2D eigenvalue weighted by atomic mass is 9.90. The zero-order chi connectivity index (χ0) is 12.4. The highest BCUT2D eigenvalue weighted by Crippen LogP contribution is 2.26. The topological polar surface area (TPSA) is 53.1 Å².